The van der Waals surface area contributed by atoms with Crippen molar-refractivity contribution in [1.29, 1.82) is 0 Å². The molecule has 0 fully saturated rings. The van der Waals surface area contributed by atoms with Crippen molar-refractivity contribution in [3.05, 3.63) is 67.9 Å². The minimum atomic E-state index is -0.278. The van der Waals surface area contributed by atoms with E-state index in [-0.39, 0.29) is 11.9 Å². The fourth-order valence-corrected chi connectivity index (χ4v) is 2.94. The Morgan fingerprint density at radius 2 is 2.00 bits per heavy atom. The summed E-state index contributed by atoms with van der Waals surface area (Å²) in [6.07, 6.45) is 0.642. The van der Waals surface area contributed by atoms with E-state index in [4.69, 9.17) is 23.2 Å². The van der Waals surface area contributed by atoms with E-state index in [0.29, 0.717) is 26.5 Å². The maximum Gasteiger partial charge on any atom is 0.129 e. The number of likely N-dealkylation sites (N-methyl/N-ethyl adjacent to an activating group) is 1. The summed E-state index contributed by atoms with van der Waals surface area (Å²) in [5.41, 5.74) is 1.61. The predicted molar refractivity (Wildman–Crippen MR) is 90.7 cm³/mol. The van der Waals surface area contributed by atoms with Crippen LogP contribution in [-0.4, -0.2) is 6.54 Å². The maximum atomic E-state index is 14.2. The number of rotatable bonds is 5. The molecule has 0 saturated heterocycles. The molecule has 2 aromatic carbocycles. The number of halogens is 4. The Morgan fingerprint density at radius 1 is 1.24 bits per heavy atom. The monoisotopic (exact) mass is 389 g/mol. The summed E-state index contributed by atoms with van der Waals surface area (Å²) >= 11 is 15.3. The van der Waals surface area contributed by atoms with Crippen LogP contribution in [0.4, 0.5) is 4.39 Å². The first-order valence-corrected chi connectivity index (χ1v) is 8.18. The van der Waals surface area contributed by atoms with Crippen molar-refractivity contribution >= 4 is 39.1 Å². The van der Waals surface area contributed by atoms with E-state index in [2.05, 4.69) is 21.2 Å². The topological polar surface area (TPSA) is 12.0 Å². The van der Waals surface area contributed by atoms with Crippen molar-refractivity contribution in [3.8, 4) is 0 Å². The van der Waals surface area contributed by atoms with Crippen molar-refractivity contribution in [2.24, 2.45) is 0 Å². The van der Waals surface area contributed by atoms with Gasteiger partial charge in [0.25, 0.3) is 0 Å². The Morgan fingerprint density at radius 3 is 2.67 bits per heavy atom. The number of benzene rings is 2. The quantitative estimate of drug-likeness (QED) is 0.637. The maximum absolute atomic E-state index is 14.2. The zero-order chi connectivity index (χ0) is 15.4. The van der Waals surface area contributed by atoms with E-state index in [0.717, 1.165) is 12.1 Å². The summed E-state index contributed by atoms with van der Waals surface area (Å²) < 4.78 is 14.8. The van der Waals surface area contributed by atoms with E-state index in [1.54, 1.807) is 6.07 Å². The molecule has 0 aromatic heterocycles. The van der Waals surface area contributed by atoms with Crippen LogP contribution in [0, 0.1) is 5.82 Å². The SMILES string of the molecule is CCNC(Cc1cccc(Cl)c1)c1cc(Cl)c(Br)cc1F. The largest absolute Gasteiger partial charge is 0.310 e. The molecule has 1 N–H and O–H groups in total. The van der Waals surface area contributed by atoms with Crippen LogP contribution in [0.2, 0.25) is 10.0 Å². The molecule has 0 saturated carbocycles. The highest BCUT2D eigenvalue weighted by atomic mass is 79.9. The van der Waals surface area contributed by atoms with Crippen molar-refractivity contribution in [2.45, 2.75) is 19.4 Å². The first-order chi connectivity index (χ1) is 10.0. The molecule has 0 heterocycles. The van der Waals surface area contributed by atoms with Gasteiger partial charge in [0.15, 0.2) is 0 Å². The van der Waals surface area contributed by atoms with E-state index >= 15 is 0 Å². The van der Waals surface area contributed by atoms with Gasteiger partial charge in [0.1, 0.15) is 5.82 Å². The van der Waals surface area contributed by atoms with Gasteiger partial charge in [-0.05, 0) is 58.7 Å². The van der Waals surface area contributed by atoms with Gasteiger partial charge in [0, 0.05) is 21.1 Å². The van der Waals surface area contributed by atoms with Crippen molar-refractivity contribution in [2.75, 3.05) is 6.54 Å². The molecule has 2 rings (SSSR count). The summed E-state index contributed by atoms with van der Waals surface area (Å²) in [6.45, 7) is 2.72. The predicted octanol–water partition coefficient (Wildman–Crippen LogP) is 5.79. The van der Waals surface area contributed by atoms with E-state index in [9.17, 15) is 4.39 Å². The molecule has 5 heteroatoms. The zero-order valence-corrected chi connectivity index (χ0v) is 14.6. The first-order valence-electron chi connectivity index (χ1n) is 6.63. The summed E-state index contributed by atoms with van der Waals surface area (Å²) in [6, 6.07) is 10.5. The molecule has 1 unspecified atom stereocenters. The van der Waals surface area contributed by atoms with Crippen LogP contribution in [0.15, 0.2) is 40.9 Å². The average molecular weight is 391 g/mol. The summed E-state index contributed by atoms with van der Waals surface area (Å²) in [7, 11) is 0. The second kappa shape index (κ2) is 7.59. The van der Waals surface area contributed by atoms with Gasteiger partial charge in [0.2, 0.25) is 0 Å². The molecule has 0 amide bonds. The average Bonchev–Trinajstić information content (AvgIpc) is 2.42. The van der Waals surface area contributed by atoms with Crippen LogP contribution in [-0.2, 0) is 6.42 Å². The van der Waals surface area contributed by atoms with Crippen LogP contribution in [0.5, 0.6) is 0 Å². The Bertz CT molecular complexity index is 634. The lowest BCUT2D eigenvalue weighted by molar-refractivity contribution is 0.509. The summed E-state index contributed by atoms with van der Waals surface area (Å²) in [5.74, 6) is -0.278. The Hall–Kier alpha value is -0.610. The molecule has 1 atom stereocenters. The standard InChI is InChI=1S/C16H15BrCl2FN/c1-2-21-16(7-10-4-3-5-11(18)6-10)12-8-14(19)13(17)9-15(12)20/h3-6,8-9,16,21H,2,7H2,1H3. The van der Waals surface area contributed by atoms with Crippen LogP contribution in [0.1, 0.15) is 24.1 Å². The molecule has 0 aliphatic heterocycles. The van der Waals surface area contributed by atoms with Gasteiger partial charge in [-0.15, -0.1) is 0 Å². The summed E-state index contributed by atoms with van der Waals surface area (Å²) in [4.78, 5) is 0. The van der Waals surface area contributed by atoms with Gasteiger partial charge in [-0.3, -0.25) is 0 Å². The Labute approximate surface area is 142 Å². The molecular formula is C16H15BrCl2FN. The van der Waals surface area contributed by atoms with Gasteiger partial charge in [-0.2, -0.15) is 0 Å². The normalized spacial score (nSPS) is 12.4. The fraction of sp³-hybridized carbons (Fsp3) is 0.250. The van der Waals surface area contributed by atoms with Gasteiger partial charge < -0.3 is 5.32 Å². The smallest absolute Gasteiger partial charge is 0.129 e. The lowest BCUT2D eigenvalue weighted by atomic mass is 9.98. The van der Waals surface area contributed by atoms with Gasteiger partial charge >= 0.3 is 0 Å². The number of hydrogen-bond donors (Lipinski definition) is 1. The second-order valence-electron chi connectivity index (χ2n) is 4.73. The molecule has 0 radical (unpaired) electrons. The van der Waals surface area contributed by atoms with Crippen molar-refractivity contribution < 1.29 is 4.39 Å². The molecule has 1 nitrogen and oxygen atoms in total. The molecule has 112 valence electrons. The number of hydrogen-bond acceptors (Lipinski definition) is 1. The molecular weight excluding hydrogens is 376 g/mol. The molecule has 2 aromatic rings. The molecule has 0 aliphatic carbocycles. The van der Waals surface area contributed by atoms with Crippen LogP contribution in [0.25, 0.3) is 0 Å². The fourth-order valence-electron chi connectivity index (χ4n) is 2.24. The third-order valence-electron chi connectivity index (χ3n) is 3.19. The van der Waals surface area contributed by atoms with E-state index < -0.39 is 0 Å². The molecule has 0 aliphatic rings. The van der Waals surface area contributed by atoms with Crippen LogP contribution < -0.4 is 5.32 Å². The van der Waals surface area contributed by atoms with Gasteiger partial charge in [-0.25, -0.2) is 4.39 Å². The third kappa shape index (κ3) is 4.43. The minimum Gasteiger partial charge on any atom is -0.310 e. The van der Waals surface area contributed by atoms with Gasteiger partial charge in [0.05, 0.1) is 5.02 Å². The Kier molecular flexibility index (Phi) is 6.06. The zero-order valence-electron chi connectivity index (χ0n) is 11.5. The third-order valence-corrected chi connectivity index (χ3v) is 4.63. The molecule has 0 bridgehead atoms. The lowest BCUT2D eigenvalue weighted by Gasteiger charge is -2.20. The second-order valence-corrected chi connectivity index (χ2v) is 6.43. The lowest BCUT2D eigenvalue weighted by Crippen LogP contribution is -2.24. The highest BCUT2D eigenvalue weighted by Crippen LogP contribution is 2.30. The highest BCUT2D eigenvalue weighted by molar-refractivity contribution is 9.10. The molecule has 0 spiro atoms. The number of nitrogens with one attached hydrogen (secondary N) is 1. The van der Waals surface area contributed by atoms with E-state index in [1.807, 2.05) is 31.2 Å². The van der Waals surface area contributed by atoms with Crippen LogP contribution >= 0.6 is 39.1 Å². The van der Waals surface area contributed by atoms with E-state index in [1.165, 1.54) is 6.07 Å². The van der Waals surface area contributed by atoms with Crippen LogP contribution in [0.3, 0.4) is 0 Å². The highest BCUT2D eigenvalue weighted by Gasteiger charge is 2.17. The van der Waals surface area contributed by atoms with Gasteiger partial charge in [-0.1, -0.05) is 42.3 Å². The Balaban J connectivity index is 2.33. The molecule has 21 heavy (non-hydrogen) atoms. The summed E-state index contributed by atoms with van der Waals surface area (Å²) in [5, 5.41) is 4.48. The van der Waals surface area contributed by atoms with Crippen molar-refractivity contribution in [3.63, 3.8) is 0 Å². The minimum absolute atomic E-state index is 0.154. The van der Waals surface area contributed by atoms with Crippen molar-refractivity contribution in [1.82, 2.24) is 5.32 Å². The first kappa shape index (κ1) is 16.8.